The van der Waals surface area contributed by atoms with E-state index in [2.05, 4.69) is 18.2 Å². The average Bonchev–Trinajstić information content (AvgIpc) is 2.61. The molecule has 0 aromatic heterocycles. The van der Waals surface area contributed by atoms with Crippen molar-refractivity contribution in [1.29, 1.82) is 0 Å². The maximum Gasteiger partial charge on any atom is 0.334 e. The highest BCUT2D eigenvalue weighted by atomic mass is 31.2. The molecular formula is C17H36O7P2. The largest absolute Gasteiger partial charge is 0.392 e. The van der Waals surface area contributed by atoms with E-state index in [1.165, 1.54) is 38.5 Å². The maximum atomic E-state index is 10.7. The number of hydrogen-bond donors (Lipinski definition) is 6. The minimum absolute atomic E-state index is 0.343. The topological polar surface area (TPSA) is 131 Å². The molecule has 9 heteroatoms. The fourth-order valence-corrected chi connectivity index (χ4v) is 4.88. The monoisotopic (exact) mass is 414 g/mol. The molecule has 2 rings (SSSR count). The zero-order valence-electron chi connectivity index (χ0n) is 15.9. The summed E-state index contributed by atoms with van der Waals surface area (Å²) >= 11 is 0. The molecule has 26 heavy (non-hydrogen) atoms. The Balaban J connectivity index is 0.000000412. The van der Waals surface area contributed by atoms with E-state index in [4.69, 9.17) is 19.6 Å². The van der Waals surface area contributed by atoms with Crippen LogP contribution in [0.3, 0.4) is 0 Å². The molecule has 0 amide bonds. The van der Waals surface area contributed by atoms with Gasteiger partial charge in [0.15, 0.2) is 0 Å². The number of aliphatic hydroxyl groups excluding tert-OH is 2. The van der Waals surface area contributed by atoms with E-state index in [0.717, 1.165) is 25.7 Å². The normalized spacial score (nSPS) is 22.8. The molecule has 0 saturated heterocycles. The second-order valence-electron chi connectivity index (χ2n) is 8.09. The average molecular weight is 414 g/mol. The van der Waals surface area contributed by atoms with Crippen molar-refractivity contribution >= 4 is 17.2 Å². The third kappa shape index (κ3) is 8.30. The van der Waals surface area contributed by atoms with E-state index in [0.29, 0.717) is 11.8 Å². The van der Waals surface area contributed by atoms with Crippen LogP contribution in [0.4, 0.5) is 0 Å². The zero-order valence-corrected chi connectivity index (χ0v) is 17.7. The Morgan fingerprint density at radius 3 is 1.23 bits per heavy atom. The Morgan fingerprint density at radius 2 is 1.00 bits per heavy atom. The first-order valence-corrected chi connectivity index (χ1v) is 11.9. The molecule has 6 N–H and O–H groups in total. The van der Waals surface area contributed by atoms with Crippen LogP contribution in [0.15, 0.2) is 0 Å². The first-order valence-electron chi connectivity index (χ1n) is 9.56. The molecule has 2 fully saturated rings. The van der Waals surface area contributed by atoms with Crippen LogP contribution in [0, 0.1) is 17.3 Å². The number of rotatable bonds is 6. The third-order valence-corrected chi connectivity index (χ3v) is 7.03. The molecule has 0 aromatic carbocycles. The van der Waals surface area contributed by atoms with E-state index < -0.39 is 17.2 Å². The van der Waals surface area contributed by atoms with Crippen LogP contribution in [-0.4, -0.2) is 42.0 Å². The van der Waals surface area contributed by atoms with E-state index >= 15 is 0 Å². The highest BCUT2D eigenvalue weighted by Crippen LogP contribution is 2.42. The van der Waals surface area contributed by atoms with Crippen LogP contribution in [0.2, 0.25) is 0 Å². The van der Waals surface area contributed by atoms with Gasteiger partial charge in [0.2, 0.25) is 0 Å². The summed E-state index contributed by atoms with van der Waals surface area (Å²) in [7, 11) is -5.22. The second kappa shape index (κ2) is 12.2. The standard InChI is InChI=1S/C17H32O2.H4O5P2/c1-17(2,15(18)13-9-5-3-6-10-13)16(19)14-11-7-4-8-12-14;1-6(2)5-7(3)4/h13-16,18-19H,3-12H2,1-2H3;1-4H. The predicted molar refractivity (Wildman–Crippen MR) is 103 cm³/mol. The van der Waals surface area contributed by atoms with Crippen LogP contribution in [-0.2, 0) is 4.31 Å². The minimum Gasteiger partial charge on any atom is -0.392 e. The smallest absolute Gasteiger partial charge is 0.334 e. The van der Waals surface area contributed by atoms with Crippen LogP contribution < -0.4 is 0 Å². The van der Waals surface area contributed by atoms with E-state index in [-0.39, 0.29) is 17.6 Å². The quantitative estimate of drug-likeness (QED) is 0.368. The van der Waals surface area contributed by atoms with Crippen molar-refractivity contribution in [2.24, 2.45) is 17.3 Å². The Kier molecular flexibility index (Phi) is 11.6. The summed E-state index contributed by atoms with van der Waals surface area (Å²) in [5, 5.41) is 21.5. The van der Waals surface area contributed by atoms with Gasteiger partial charge in [-0.2, -0.15) is 0 Å². The highest BCUT2D eigenvalue weighted by molar-refractivity contribution is 7.53. The summed E-state index contributed by atoms with van der Waals surface area (Å²) in [5.41, 5.74) is -0.357. The lowest BCUT2D eigenvalue weighted by atomic mass is 9.66. The molecule has 2 atom stereocenters. The number of aliphatic hydroxyl groups is 2. The molecule has 2 aliphatic carbocycles. The lowest BCUT2D eigenvalue weighted by Gasteiger charge is -2.44. The van der Waals surface area contributed by atoms with Gasteiger partial charge in [0.1, 0.15) is 0 Å². The van der Waals surface area contributed by atoms with Gasteiger partial charge in [0, 0.05) is 5.41 Å². The van der Waals surface area contributed by atoms with Crippen molar-refractivity contribution in [3.8, 4) is 0 Å². The molecule has 0 spiro atoms. The molecule has 2 unspecified atom stereocenters. The summed E-state index contributed by atoms with van der Waals surface area (Å²) in [5.74, 6) is 0.809. The van der Waals surface area contributed by atoms with E-state index in [1.54, 1.807) is 0 Å². The van der Waals surface area contributed by atoms with Gasteiger partial charge >= 0.3 is 17.2 Å². The Morgan fingerprint density at radius 1 is 0.692 bits per heavy atom. The van der Waals surface area contributed by atoms with Crippen molar-refractivity contribution in [3.05, 3.63) is 0 Å². The Hall–Kier alpha value is 0.580. The van der Waals surface area contributed by atoms with Crippen LogP contribution in [0.1, 0.15) is 78.1 Å². The molecule has 0 aliphatic heterocycles. The van der Waals surface area contributed by atoms with E-state index in [1.807, 2.05) is 0 Å². The van der Waals surface area contributed by atoms with Gasteiger partial charge in [0.25, 0.3) is 0 Å². The summed E-state index contributed by atoms with van der Waals surface area (Å²) in [6.07, 6.45) is 11.5. The van der Waals surface area contributed by atoms with Crippen molar-refractivity contribution in [1.82, 2.24) is 0 Å². The lowest BCUT2D eigenvalue weighted by molar-refractivity contribution is -0.106. The van der Waals surface area contributed by atoms with Crippen molar-refractivity contribution < 1.29 is 34.1 Å². The predicted octanol–water partition coefficient (Wildman–Crippen LogP) is 3.32. The van der Waals surface area contributed by atoms with Gasteiger partial charge in [-0.05, 0) is 37.5 Å². The van der Waals surface area contributed by atoms with Crippen molar-refractivity contribution in [2.75, 3.05) is 0 Å². The van der Waals surface area contributed by atoms with Crippen molar-refractivity contribution in [3.63, 3.8) is 0 Å². The summed E-state index contributed by atoms with van der Waals surface area (Å²) in [6, 6.07) is 0. The molecule has 0 bridgehead atoms. The van der Waals surface area contributed by atoms with Crippen LogP contribution >= 0.6 is 17.2 Å². The molecular weight excluding hydrogens is 378 g/mol. The fraction of sp³-hybridized carbons (Fsp3) is 1.00. The van der Waals surface area contributed by atoms with Gasteiger partial charge in [0.05, 0.1) is 12.2 Å². The first-order chi connectivity index (χ1) is 12.2. The molecule has 2 aliphatic rings. The summed E-state index contributed by atoms with van der Waals surface area (Å²) in [6.45, 7) is 4.15. The maximum absolute atomic E-state index is 10.7. The summed E-state index contributed by atoms with van der Waals surface area (Å²) < 4.78 is 3.60. The SMILES string of the molecule is CC(C)(C(O)C1CCCCC1)C(O)C1CCCCC1.OP(O)OP(O)O. The Labute approximate surface area is 159 Å². The first kappa shape index (κ1) is 24.6. The molecule has 0 aromatic rings. The van der Waals surface area contributed by atoms with Gasteiger partial charge in [-0.15, -0.1) is 0 Å². The molecule has 0 heterocycles. The van der Waals surface area contributed by atoms with Gasteiger partial charge in [-0.3, -0.25) is 0 Å². The zero-order chi connectivity index (χ0) is 19.7. The molecule has 7 nitrogen and oxygen atoms in total. The van der Waals surface area contributed by atoms with Crippen molar-refractivity contribution in [2.45, 2.75) is 90.3 Å². The van der Waals surface area contributed by atoms with Gasteiger partial charge in [-0.1, -0.05) is 52.4 Å². The van der Waals surface area contributed by atoms with Gasteiger partial charge < -0.3 is 29.8 Å². The molecule has 2 saturated carbocycles. The molecule has 156 valence electrons. The number of hydrogen-bond acceptors (Lipinski definition) is 7. The second-order valence-corrected chi connectivity index (χ2v) is 9.76. The molecule has 0 radical (unpaired) electrons. The Bertz CT molecular complexity index is 338. The summed E-state index contributed by atoms with van der Waals surface area (Å²) in [4.78, 5) is 31.3. The third-order valence-electron chi connectivity index (χ3n) is 5.86. The lowest BCUT2D eigenvalue weighted by Crippen LogP contribution is -2.48. The van der Waals surface area contributed by atoms with E-state index in [9.17, 15) is 10.2 Å². The van der Waals surface area contributed by atoms with Gasteiger partial charge in [-0.25, -0.2) is 4.31 Å². The fourth-order valence-electron chi connectivity index (χ4n) is 4.36. The van der Waals surface area contributed by atoms with Crippen LogP contribution in [0.5, 0.6) is 0 Å². The van der Waals surface area contributed by atoms with Crippen LogP contribution in [0.25, 0.3) is 0 Å². The highest BCUT2D eigenvalue weighted by Gasteiger charge is 2.43. The minimum atomic E-state index is -2.61.